The Labute approximate surface area is 148 Å². The average molecular weight is 342 g/mol. The first kappa shape index (κ1) is 16.3. The summed E-state index contributed by atoms with van der Waals surface area (Å²) < 4.78 is 1.27. The van der Waals surface area contributed by atoms with E-state index in [1.54, 1.807) is 11.3 Å². The predicted molar refractivity (Wildman–Crippen MR) is 102 cm³/mol. The largest absolute Gasteiger partial charge is 0.303 e. The number of carbonyl (C=O) groups excluding carboxylic acids is 1. The van der Waals surface area contributed by atoms with E-state index < -0.39 is 0 Å². The normalized spacial score (nSPS) is 26.4. The van der Waals surface area contributed by atoms with Crippen molar-refractivity contribution in [2.45, 2.75) is 39.5 Å². The van der Waals surface area contributed by atoms with Crippen molar-refractivity contribution < 1.29 is 4.79 Å². The second-order valence-corrected chi connectivity index (χ2v) is 9.19. The van der Waals surface area contributed by atoms with Crippen molar-refractivity contribution in [3.8, 4) is 0 Å². The lowest BCUT2D eigenvalue weighted by molar-refractivity contribution is 0.0442. The Morgan fingerprint density at radius 1 is 1.25 bits per heavy atom. The first-order valence-corrected chi connectivity index (χ1v) is 10.2. The van der Waals surface area contributed by atoms with E-state index in [2.05, 4.69) is 43.0 Å². The maximum Gasteiger partial charge on any atom is 0.173 e. The van der Waals surface area contributed by atoms with Gasteiger partial charge >= 0.3 is 0 Å². The van der Waals surface area contributed by atoms with Gasteiger partial charge < -0.3 is 4.90 Å². The second kappa shape index (κ2) is 6.61. The molecule has 1 aromatic carbocycles. The molecule has 3 heteroatoms. The van der Waals surface area contributed by atoms with E-state index in [0.717, 1.165) is 30.2 Å². The zero-order valence-corrected chi connectivity index (χ0v) is 15.6. The fraction of sp³-hybridized carbons (Fsp3) is 0.571. The number of thiophene rings is 1. The van der Waals surface area contributed by atoms with Crippen molar-refractivity contribution in [1.29, 1.82) is 0 Å². The predicted octanol–water partition coefficient (Wildman–Crippen LogP) is 5.01. The van der Waals surface area contributed by atoms with Crippen LogP contribution in [-0.4, -0.2) is 30.3 Å². The third kappa shape index (κ3) is 3.29. The van der Waals surface area contributed by atoms with Crippen LogP contribution in [0.1, 0.15) is 48.3 Å². The number of piperidine rings is 3. The van der Waals surface area contributed by atoms with Crippen molar-refractivity contribution in [2.24, 2.45) is 17.8 Å². The zero-order chi connectivity index (χ0) is 16.7. The fourth-order valence-corrected chi connectivity index (χ4v) is 5.54. The highest BCUT2D eigenvalue weighted by Crippen LogP contribution is 2.36. The van der Waals surface area contributed by atoms with E-state index in [-0.39, 0.29) is 0 Å². The molecule has 3 aliphatic rings. The van der Waals surface area contributed by atoms with Gasteiger partial charge in [0.2, 0.25) is 0 Å². The molecule has 2 nitrogen and oxygen atoms in total. The highest BCUT2D eigenvalue weighted by molar-refractivity contribution is 7.20. The van der Waals surface area contributed by atoms with Gasteiger partial charge in [0.05, 0.1) is 4.88 Å². The van der Waals surface area contributed by atoms with Crippen LogP contribution in [0.5, 0.6) is 0 Å². The summed E-state index contributed by atoms with van der Waals surface area (Å²) in [6.07, 6.45) is 4.44. The molecule has 1 atom stereocenters. The number of fused-ring (bicyclic) bond motifs is 4. The molecule has 0 saturated carbocycles. The number of rotatable bonds is 5. The summed E-state index contributed by atoms with van der Waals surface area (Å²) in [7, 11) is 0. The van der Waals surface area contributed by atoms with Crippen molar-refractivity contribution in [1.82, 2.24) is 4.90 Å². The molecule has 0 amide bonds. The number of carbonyl (C=O) groups is 1. The number of ketones is 1. The Morgan fingerprint density at radius 3 is 2.71 bits per heavy atom. The number of nitrogens with zero attached hydrogens (tertiary/aromatic N) is 1. The molecule has 0 unspecified atom stereocenters. The number of Topliss-reactive ketones (excluding diaryl/α,β-unsaturated/α-hetero) is 1. The molecule has 3 saturated heterocycles. The smallest absolute Gasteiger partial charge is 0.173 e. The lowest BCUT2D eigenvalue weighted by atomic mass is 9.76. The molecule has 24 heavy (non-hydrogen) atoms. The number of hydrogen-bond donors (Lipinski definition) is 0. The summed E-state index contributed by atoms with van der Waals surface area (Å²) >= 11 is 1.69. The summed E-state index contributed by atoms with van der Waals surface area (Å²) in [5, 5.41) is 1.23. The molecule has 4 heterocycles. The molecule has 2 bridgehead atoms. The van der Waals surface area contributed by atoms with E-state index >= 15 is 0 Å². The van der Waals surface area contributed by atoms with Gasteiger partial charge in [-0.1, -0.05) is 26.0 Å². The molecular formula is C21H27NOS. The van der Waals surface area contributed by atoms with Crippen LogP contribution in [0.2, 0.25) is 0 Å². The molecule has 0 spiro atoms. The lowest BCUT2D eigenvalue weighted by Crippen LogP contribution is -2.47. The molecule has 0 N–H and O–H groups in total. The van der Waals surface area contributed by atoms with Crippen molar-refractivity contribution in [2.75, 3.05) is 19.6 Å². The van der Waals surface area contributed by atoms with Crippen molar-refractivity contribution in [3.05, 3.63) is 34.7 Å². The standard InChI is InChI=1S/C21H27NOS/c1-14(2)9-15-3-4-17-12-21(24-20(17)10-15)19(23)11-18-13-22-7-5-16(18)6-8-22/h3-4,10,12,14,16,18H,5-9,11,13H2,1-2H3/t18-/m0/s1. The number of benzene rings is 1. The second-order valence-electron chi connectivity index (χ2n) is 8.11. The van der Waals surface area contributed by atoms with Gasteiger partial charge in [0.25, 0.3) is 0 Å². The quantitative estimate of drug-likeness (QED) is 0.712. The minimum absolute atomic E-state index is 0.361. The van der Waals surface area contributed by atoms with Gasteiger partial charge in [-0.15, -0.1) is 11.3 Å². The summed E-state index contributed by atoms with van der Waals surface area (Å²) in [5.41, 5.74) is 1.38. The highest BCUT2D eigenvalue weighted by atomic mass is 32.1. The number of hydrogen-bond acceptors (Lipinski definition) is 3. The Morgan fingerprint density at radius 2 is 2.04 bits per heavy atom. The average Bonchev–Trinajstić information content (AvgIpc) is 2.99. The molecule has 1 aromatic heterocycles. The van der Waals surface area contributed by atoms with Crippen LogP contribution in [0, 0.1) is 17.8 Å². The first-order valence-electron chi connectivity index (χ1n) is 9.36. The Bertz CT molecular complexity index is 739. The molecule has 128 valence electrons. The van der Waals surface area contributed by atoms with Crippen LogP contribution in [-0.2, 0) is 6.42 Å². The Balaban J connectivity index is 1.50. The summed E-state index contributed by atoms with van der Waals surface area (Å²) in [5.74, 6) is 2.40. The molecule has 0 aliphatic carbocycles. The van der Waals surface area contributed by atoms with E-state index in [1.807, 2.05) is 0 Å². The maximum atomic E-state index is 12.8. The Hall–Kier alpha value is -1.19. The van der Waals surface area contributed by atoms with Gasteiger partial charge in [-0.3, -0.25) is 4.79 Å². The van der Waals surface area contributed by atoms with Crippen molar-refractivity contribution >= 4 is 27.2 Å². The highest BCUT2D eigenvalue weighted by Gasteiger charge is 2.35. The first-order chi connectivity index (χ1) is 11.6. The monoisotopic (exact) mass is 341 g/mol. The summed E-state index contributed by atoms with van der Waals surface area (Å²) in [4.78, 5) is 16.3. The van der Waals surface area contributed by atoms with E-state index in [4.69, 9.17) is 0 Å². The molecule has 0 radical (unpaired) electrons. The minimum atomic E-state index is 0.361. The molecular weight excluding hydrogens is 314 g/mol. The van der Waals surface area contributed by atoms with Gasteiger partial charge in [0.1, 0.15) is 0 Å². The van der Waals surface area contributed by atoms with E-state index in [9.17, 15) is 4.79 Å². The molecule has 2 aromatic rings. The SMILES string of the molecule is CC(C)Cc1ccc2cc(C(=O)C[C@H]3CN4CCC3CC4)sc2c1. The van der Waals surface area contributed by atoms with Gasteiger partial charge in [0, 0.05) is 17.7 Å². The van der Waals surface area contributed by atoms with Crippen LogP contribution in [0.4, 0.5) is 0 Å². The minimum Gasteiger partial charge on any atom is -0.303 e. The van der Waals surface area contributed by atoms with E-state index in [1.165, 1.54) is 41.6 Å². The molecule has 5 rings (SSSR count). The van der Waals surface area contributed by atoms with Crippen LogP contribution in [0.3, 0.4) is 0 Å². The van der Waals surface area contributed by atoms with E-state index in [0.29, 0.717) is 17.6 Å². The molecule has 3 fully saturated rings. The fourth-order valence-electron chi connectivity index (χ4n) is 4.47. The van der Waals surface area contributed by atoms with Gasteiger partial charge in [-0.25, -0.2) is 0 Å². The Kier molecular flexibility index (Phi) is 4.48. The van der Waals surface area contributed by atoms with Crippen LogP contribution in [0.15, 0.2) is 24.3 Å². The van der Waals surface area contributed by atoms with Gasteiger partial charge in [-0.2, -0.15) is 0 Å². The van der Waals surface area contributed by atoms with Crippen molar-refractivity contribution in [3.63, 3.8) is 0 Å². The van der Waals surface area contributed by atoms with Gasteiger partial charge in [0.15, 0.2) is 5.78 Å². The third-order valence-electron chi connectivity index (χ3n) is 5.74. The van der Waals surface area contributed by atoms with Gasteiger partial charge in [-0.05, 0) is 73.2 Å². The maximum absolute atomic E-state index is 12.8. The lowest BCUT2D eigenvalue weighted by Gasteiger charge is -2.44. The summed E-state index contributed by atoms with van der Waals surface area (Å²) in [6, 6.07) is 8.80. The molecule has 3 aliphatic heterocycles. The van der Waals surface area contributed by atoms with Crippen LogP contribution < -0.4 is 0 Å². The van der Waals surface area contributed by atoms with Crippen LogP contribution >= 0.6 is 11.3 Å². The summed E-state index contributed by atoms with van der Waals surface area (Å²) in [6.45, 7) is 8.14. The zero-order valence-electron chi connectivity index (χ0n) is 14.8. The third-order valence-corrected chi connectivity index (χ3v) is 6.88. The topological polar surface area (TPSA) is 20.3 Å². The van der Waals surface area contributed by atoms with Crippen LogP contribution in [0.25, 0.3) is 10.1 Å².